The van der Waals surface area contributed by atoms with E-state index >= 15 is 0 Å². The third kappa shape index (κ3) is 5.98. The number of hydrogen-bond donors (Lipinski definition) is 2. The maximum absolute atomic E-state index is 12.4. The van der Waals surface area contributed by atoms with E-state index in [-0.39, 0.29) is 12.6 Å². The van der Waals surface area contributed by atoms with Crippen molar-refractivity contribution in [3.8, 4) is 0 Å². The van der Waals surface area contributed by atoms with Crippen molar-refractivity contribution in [1.29, 1.82) is 0 Å². The standard InChI is InChI=1S/C14H22NO5P/c1-3-19-21(18,20-4-2)10-12-7-5-11(6-8-12)9-13(15)14(16)17/h5-8,13H,3-4,9-10,15H2,1-2H3,(H,16,17). The molecular formula is C14H22NO5P. The van der Waals surface area contributed by atoms with Crippen LogP contribution in [0.5, 0.6) is 0 Å². The van der Waals surface area contributed by atoms with E-state index in [1.807, 2.05) is 0 Å². The molecule has 0 saturated heterocycles. The summed E-state index contributed by atoms with van der Waals surface area (Å²) in [6.07, 6.45) is 0.449. The van der Waals surface area contributed by atoms with E-state index in [2.05, 4.69) is 0 Å². The Labute approximate surface area is 124 Å². The van der Waals surface area contributed by atoms with Gasteiger partial charge in [0.05, 0.1) is 19.4 Å². The minimum Gasteiger partial charge on any atom is -0.480 e. The number of carboxylic acid groups (broad SMARTS) is 1. The summed E-state index contributed by atoms with van der Waals surface area (Å²) in [5, 5.41) is 8.77. The van der Waals surface area contributed by atoms with E-state index in [4.69, 9.17) is 19.9 Å². The largest absolute Gasteiger partial charge is 0.480 e. The van der Waals surface area contributed by atoms with Crippen molar-refractivity contribution in [2.75, 3.05) is 13.2 Å². The first kappa shape index (κ1) is 17.9. The van der Waals surface area contributed by atoms with Gasteiger partial charge in [-0.15, -0.1) is 0 Å². The Bertz CT molecular complexity index is 493. The molecule has 1 aromatic rings. The van der Waals surface area contributed by atoms with Crippen molar-refractivity contribution < 1.29 is 23.5 Å². The maximum atomic E-state index is 12.4. The zero-order chi connectivity index (χ0) is 15.9. The van der Waals surface area contributed by atoms with Crippen molar-refractivity contribution in [2.24, 2.45) is 5.73 Å². The molecule has 118 valence electrons. The van der Waals surface area contributed by atoms with Gasteiger partial charge in [-0.2, -0.15) is 0 Å². The highest BCUT2D eigenvalue weighted by Gasteiger charge is 2.24. The fourth-order valence-corrected chi connectivity index (χ4v) is 3.57. The molecule has 7 heteroatoms. The van der Waals surface area contributed by atoms with Crippen molar-refractivity contribution in [3.63, 3.8) is 0 Å². The molecular weight excluding hydrogens is 293 g/mol. The molecule has 1 atom stereocenters. The van der Waals surface area contributed by atoms with Gasteiger partial charge in [-0.05, 0) is 31.4 Å². The van der Waals surface area contributed by atoms with Gasteiger partial charge in [0.25, 0.3) is 0 Å². The molecule has 21 heavy (non-hydrogen) atoms. The van der Waals surface area contributed by atoms with Crippen LogP contribution in [0.25, 0.3) is 0 Å². The summed E-state index contributed by atoms with van der Waals surface area (Å²) in [6, 6.07) is 6.21. The smallest absolute Gasteiger partial charge is 0.335 e. The molecule has 1 rings (SSSR count). The Kier molecular flexibility index (Phi) is 7.05. The van der Waals surface area contributed by atoms with Crippen molar-refractivity contribution in [1.82, 2.24) is 0 Å². The molecule has 0 amide bonds. The molecule has 0 spiro atoms. The molecule has 6 nitrogen and oxygen atoms in total. The summed E-state index contributed by atoms with van der Waals surface area (Å²) in [4.78, 5) is 10.7. The van der Waals surface area contributed by atoms with Gasteiger partial charge in [0, 0.05) is 0 Å². The first-order chi connectivity index (χ1) is 9.90. The van der Waals surface area contributed by atoms with Crippen LogP contribution in [0.3, 0.4) is 0 Å². The molecule has 0 saturated carbocycles. The first-order valence-corrected chi connectivity index (χ1v) is 8.57. The average molecular weight is 315 g/mol. The summed E-state index contributed by atoms with van der Waals surface area (Å²) in [5.74, 6) is -1.03. The number of hydrogen-bond acceptors (Lipinski definition) is 5. The fraction of sp³-hybridized carbons (Fsp3) is 0.500. The molecule has 3 N–H and O–H groups in total. The highest BCUT2D eigenvalue weighted by atomic mass is 31.2. The van der Waals surface area contributed by atoms with Crippen LogP contribution >= 0.6 is 7.60 Å². The predicted molar refractivity (Wildman–Crippen MR) is 80.3 cm³/mol. The molecule has 0 heterocycles. The molecule has 0 aliphatic rings. The van der Waals surface area contributed by atoms with Crippen LogP contribution in [0.1, 0.15) is 25.0 Å². The molecule has 1 unspecified atom stereocenters. The zero-order valence-electron chi connectivity index (χ0n) is 12.3. The molecule has 0 radical (unpaired) electrons. The number of carbonyl (C=O) groups is 1. The number of carboxylic acids is 1. The third-order valence-electron chi connectivity index (χ3n) is 2.82. The fourth-order valence-electron chi connectivity index (χ4n) is 1.87. The number of nitrogens with two attached hydrogens (primary N) is 1. The first-order valence-electron chi connectivity index (χ1n) is 6.84. The highest BCUT2D eigenvalue weighted by molar-refractivity contribution is 7.53. The van der Waals surface area contributed by atoms with Crippen LogP contribution in [0, 0.1) is 0 Å². The normalized spacial score (nSPS) is 13.1. The Balaban J connectivity index is 2.73. The average Bonchev–Trinajstić information content (AvgIpc) is 2.41. The van der Waals surface area contributed by atoms with Gasteiger partial charge in [-0.1, -0.05) is 24.3 Å². The molecule has 0 aromatic heterocycles. The van der Waals surface area contributed by atoms with Gasteiger partial charge < -0.3 is 19.9 Å². The maximum Gasteiger partial charge on any atom is 0.335 e. The Morgan fingerprint density at radius 1 is 1.19 bits per heavy atom. The van der Waals surface area contributed by atoms with Crippen molar-refractivity contribution in [2.45, 2.75) is 32.5 Å². The van der Waals surface area contributed by atoms with E-state index in [1.165, 1.54) is 0 Å². The van der Waals surface area contributed by atoms with E-state index in [0.717, 1.165) is 11.1 Å². The second-order valence-electron chi connectivity index (χ2n) is 4.57. The topological polar surface area (TPSA) is 98.9 Å². The van der Waals surface area contributed by atoms with Crippen LogP contribution in [0.15, 0.2) is 24.3 Å². The lowest BCUT2D eigenvalue weighted by Crippen LogP contribution is -2.32. The second-order valence-corrected chi connectivity index (χ2v) is 6.62. The molecule has 0 aliphatic heterocycles. The second kappa shape index (κ2) is 8.29. The quantitative estimate of drug-likeness (QED) is 0.679. The Hall–Kier alpha value is -1.20. The predicted octanol–water partition coefficient (Wildman–Crippen LogP) is 2.41. The highest BCUT2D eigenvalue weighted by Crippen LogP contribution is 2.51. The van der Waals surface area contributed by atoms with Crippen molar-refractivity contribution in [3.05, 3.63) is 35.4 Å². The summed E-state index contributed by atoms with van der Waals surface area (Å²) in [5.41, 5.74) is 7.11. The molecule has 0 fully saturated rings. The van der Waals surface area contributed by atoms with Crippen LogP contribution in [0.4, 0.5) is 0 Å². The molecule has 0 aliphatic carbocycles. The lowest BCUT2D eigenvalue weighted by atomic mass is 10.1. The molecule has 1 aromatic carbocycles. The Morgan fingerprint density at radius 3 is 2.10 bits per heavy atom. The van der Waals surface area contributed by atoms with E-state index in [9.17, 15) is 9.36 Å². The summed E-state index contributed by atoms with van der Waals surface area (Å²) in [6.45, 7) is 4.18. The SMILES string of the molecule is CCOP(=O)(Cc1ccc(CC(N)C(=O)O)cc1)OCC. The number of rotatable bonds is 9. The van der Waals surface area contributed by atoms with Gasteiger partial charge in [-0.25, -0.2) is 0 Å². The van der Waals surface area contributed by atoms with Crippen LogP contribution in [0.2, 0.25) is 0 Å². The summed E-state index contributed by atoms with van der Waals surface area (Å²) >= 11 is 0. The van der Waals surface area contributed by atoms with Crippen LogP contribution in [-0.2, 0) is 31.0 Å². The van der Waals surface area contributed by atoms with Gasteiger partial charge in [-0.3, -0.25) is 9.36 Å². The monoisotopic (exact) mass is 315 g/mol. The lowest BCUT2D eigenvalue weighted by Gasteiger charge is -2.17. The van der Waals surface area contributed by atoms with E-state index in [1.54, 1.807) is 38.1 Å². The lowest BCUT2D eigenvalue weighted by molar-refractivity contribution is -0.138. The number of benzene rings is 1. The van der Waals surface area contributed by atoms with E-state index < -0.39 is 19.6 Å². The van der Waals surface area contributed by atoms with Crippen molar-refractivity contribution >= 4 is 13.6 Å². The van der Waals surface area contributed by atoms with Gasteiger partial charge >= 0.3 is 13.6 Å². The van der Waals surface area contributed by atoms with Gasteiger partial charge in [0.15, 0.2) is 0 Å². The van der Waals surface area contributed by atoms with Gasteiger partial charge in [0.2, 0.25) is 0 Å². The van der Waals surface area contributed by atoms with E-state index in [0.29, 0.717) is 13.2 Å². The zero-order valence-corrected chi connectivity index (χ0v) is 13.2. The van der Waals surface area contributed by atoms with Gasteiger partial charge in [0.1, 0.15) is 6.04 Å². The Morgan fingerprint density at radius 2 is 1.67 bits per heavy atom. The third-order valence-corrected chi connectivity index (χ3v) is 4.88. The van der Waals surface area contributed by atoms with Crippen LogP contribution < -0.4 is 5.73 Å². The van der Waals surface area contributed by atoms with Crippen LogP contribution in [-0.4, -0.2) is 30.3 Å². The summed E-state index contributed by atoms with van der Waals surface area (Å²) in [7, 11) is -3.12. The minimum absolute atomic E-state index is 0.194. The summed E-state index contributed by atoms with van der Waals surface area (Å²) < 4.78 is 22.9. The molecule has 0 bridgehead atoms. The number of aliphatic carboxylic acids is 1. The minimum atomic E-state index is -3.12.